The van der Waals surface area contributed by atoms with E-state index in [1.165, 1.54) is 18.9 Å². The molecule has 0 saturated heterocycles. The van der Waals surface area contributed by atoms with E-state index in [2.05, 4.69) is 22.8 Å². The van der Waals surface area contributed by atoms with Gasteiger partial charge in [0.2, 0.25) is 11.8 Å². The first kappa shape index (κ1) is 14.6. The minimum absolute atomic E-state index is 0.0763. The number of hydrogen-bond acceptors (Lipinski definition) is 2. The molecular weight excluding hydrogens is 252 g/mol. The molecule has 1 unspecified atom stereocenters. The summed E-state index contributed by atoms with van der Waals surface area (Å²) in [5, 5.41) is 5.58. The number of hydrogen-bond donors (Lipinski definition) is 2. The van der Waals surface area contributed by atoms with Crippen LogP contribution in [-0.4, -0.2) is 24.4 Å². The van der Waals surface area contributed by atoms with Crippen LogP contribution in [0.3, 0.4) is 0 Å². The lowest BCUT2D eigenvalue weighted by Crippen LogP contribution is -2.50. The van der Waals surface area contributed by atoms with Gasteiger partial charge >= 0.3 is 0 Å². The van der Waals surface area contributed by atoms with E-state index >= 15 is 0 Å². The predicted molar refractivity (Wildman–Crippen MR) is 78.3 cm³/mol. The molecule has 1 atom stereocenters. The van der Waals surface area contributed by atoms with Gasteiger partial charge in [-0.2, -0.15) is 0 Å². The number of amides is 2. The van der Waals surface area contributed by atoms with Crippen LogP contribution in [0.4, 0.5) is 0 Å². The summed E-state index contributed by atoms with van der Waals surface area (Å²) in [6, 6.07) is 9.85. The molecule has 2 N–H and O–H groups in total. The highest BCUT2D eigenvalue weighted by molar-refractivity contribution is 5.86. The lowest BCUT2D eigenvalue weighted by molar-refractivity contribution is -0.127. The Hall–Kier alpha value is -1.84. The van der Waals surface area contributed by atoms with E-state index in [9.17, 15) is 9.59 Å². The maximum absolute atomic E-state index is 12.0. The summed E-state index contributed by atoms with van der Waals surface area (Å²) in [6.07, 6.45) is 3.41. The van der Waals surface area contributed by atoms with E-state index in [0.29, 0.717) is 6.54 Å². The zero-order valence-corrected chi connectivity index (χ0v) is 12.1. The SMILES string of the molecule is CC(=O)NC(C)C(=O)NCC1(c2ccccc2)CCC1. The van der Waals surface area contributed by atoms with Crippen LogP contribution in [0.15, 0.2) is 30.3 Å². The summed E-state index contributed by atoms with van der Waals surface area (Å²) in [5.74, 6) is -0.309. The summed E-state index contributed by atoms with van der Waals surface area (Å²) in [7, 11) is 0. The smallest absolute Gasteiger partial charge is 0.242 e. The van der Waals surface area contributed by atoms with E-state index in [4.69, 9.17) is 0 Å². The lowest BCUT2D eigenvalue weighted by atomic mass is 9.64. The van der Waals surface area contributed by atoms with Gasteiger partial charge in [0.15, 0.2) is 0 Å². The molecule has 1 aromatic carbocycles. The van der Waals surface area contributed by atoms with Gasteiger partial charge in [0.25, 0.3) is 0 Å². The number of carbonyl (C=O) groups excluding carboxylic acids is 2. The summed E-state index contributed by atoms with van der Waals surface area (Å²) in [5.41, 5.74) is 1.37. The fourth-order valence-corrected chi connectivity index (χ4v) is 2.74. The zero-order chi connectivity index (χ0) is 14.6. The van der Waals surface area contributed by atoms with Crippen LogP contribution >= 0.6 is 0 Å². The Balaban J connectivity index is 1.95. The monoisotopic (exact) mass is 274 g/mol. The Bertz CT molecular complexity index is 481. The molecule has 1 aliphatic rings. The van der Waals surface area contributed by atoms with Gasteiger partial charge in [-0.1, -0.05) is 36.8 Å². The van der Waals surface area contributed by atoms with Crippen molar-refractivity contribution in [3.8, 4) is 0 Å². The van der Waals surface area contributed by atoms with Crippen molar-refractivity contribution in [1.29, 1.82) is 0 Å². The van der Waals surface area contributed by atoms with Gasteiger partial charge in [-0.25, -0.2) is 0 Å². The molecular formula is C16H22N2O2. The maximum atomic E-state index is 12.0. The number of benzene rings is 1. The van der Waals surface area contributed by atoms with Crippen molar-refractivity contribution in [2.75, 3.05) is 6.54 Å². The minimum atomic E-state index is -0.486. The average molecular weight is 274 g/mol. The quantitative estimate of drug-likeness (QED) is 0.859. The maximum Gasteiger partial charge on any atom is 0.242 e. The topological polar surface area (TPSA) is 58.2 Å². The van der Waals surface area contributed by atoms with Gasteiger partial charge < -0.3 is 10.6 Å². The first-order valence-electron chi connectivity index (χ1n) is 7.14. The number of rotatable bonds is 5. The van der Waals surface area contributed by atoms with E-state index in [1.54, 1.807) is 6.92 Å². The van der Waals surface area contributed by atoms with E-state index < -0.39 is 6.04 Å². The molecule has 0 aromatic heterocycles. The highest BCUT2D eigenvalue weighted by Crippen LogP contribution is 2.43. The van der Waals surface area contributed by atoms with Crippen molar-refractivity contribution in [3.05, 3.63) is 35.9 Å². The van der Waals surface area contributed by atoms with Gasteiger partial charge in [0.1, 0.15) is 6.04 Å². The lowest BCUT2D eigenvalue weighted by Gasteiger charge is -2.42. The van der Waals surface area contributed by atoms with Crippen molar-refractivity contribution in [3.63, 3.8) is 0 Å². The molecule has 2 rings (SSSR count). The van der Waals surface area contributed by atoms with Crippen LogP contribution in [0, 0.1) is 0 Å². The van der Waals surface area contributed by atoms with Crippen molar-refractivity contribution < 1.29 is 9.59 Å². The standard InChI is InChI=1S/C16H22N2O2/c1-12(18-13(2)19)15(20)17-11-16(9-6-10-16)14-7-4-3-5-8-14/h3-5,7-8,12H,6,9-11H2,1-2H3,(H,17,20)(H,18,19). The molecule has 2 amide bonds. The van der Waals surface area contributed by atoms with Gasteiger partial charge in [0.05, 0.1) is 0 Å². The van der Waals surface area contributed by atoms with Crippen LogP contribution in [0.5, 0.6) is 0 Å². The third-order valence-corrected chi connectivity index (χ3v) is 4.11. The second-order valence-corrected chi connectivity index (χ2v) is 5.64. The molecule has 0 aliphatic heterocycles. The van der Waals surface area contributed by atoms with Crippen molar-refractivity contribution in [2.24, 2.45) is 0 Å². The fraction of sp³-hybridized carbons (Fsp3) is 0.500. The minimum Gasteiger partial charge on any atom is -0.353 e. The summed E-state index contributed by atoms with van der Waals surface area (Å²) in [6.45, 7) is 3.76. The first-order chi connectivity index (χ1) is 9.53. The molecule has 20 heavy (non-hydrogen) atoms. The average Bonchev–Trinajstić information content (AvgIpc) is 2.37. The molecule has 1 saturated carbocycles. The highest BCUT2D eigenvalue weighted by Gasteiger charge is 2.38. The molecule has 1 aliphatic carbocycles. The second kappa shape index (κ2) is 6.07. The third-order valence-electron chi connectivity index (χ3n) is 4.11. The van der Waals surface area contributed by atoms with Gasteiger partial charge in [-0.3, -0.25) is 9.59 Å². The summed E-state index contributed by atoms with van der Waals surface area (Å²) >= 11 is 0. The van der Waals surface area contributed by atoms with Crippen molar-refractivity contribution in [2.45, 2.75) is 44.6 Å². The van der Waals surface area contributed by atoms with Crippen LogP contribution in [-0.2, 0) is 15.0 Å². The number of nitrogens with one attached hydrogen (secondary N) is 2. The van der Waals surface area contributed by atoms with Crippen LogP contribution in [0.1, 0.15) is 38.7 Å². The molecule has 0 spiro atoms. The fourth-order valence-electron chi connectivity index (χ4n) is 2.74. The van der Waals surface area contributed by atoms with Gasteiger partial charge in [-0.15, -0.1) is 0 Å². The Morgan fingerprint density at radius 1 is 1.25 bits per heavy atom. The largest absolute Gasteiger partial charge is 0.353 e. The predicted octanol–water partition coefficient (Wildman–Crippen LogP) is 1.75. The molecule has 0 radical (unpaired) electrons. The van der Waals surface area contributed by atoms with Gasteiger partial charge in [-0.05, 0) is 25.3 Å². The molecule has 4 nitrogen and oxygen atoms in total. The summed E-state index contributed by atoms with van der Waals surface area (Å²) < 4.78 is 0. The Kier molecular flexibility index (Phi) is 4.42. The highest BCUT2D eigenvalue weighted by atomic mass is 16.2. The molecule has 0 heterocycles. The molecule has 1 aromatic rings. The zero-order valence-electron chi connectivity index (χ0n) is 12.1. The van der Waals surface area contributed by atoms with Crippen LogP contribution in [0.2, 0.25) is 0 Å². The Morgan fingerprint density at radius 2 is 1.90 bits per heavy atom. The van der Waals surface area contributed by atoms with E-state index in [-0.39, 0.29) is 17.2 Å². The normalized spacial score (nSPS) is 17.7. The second-order valence-electron chi connectivity index (χ2n) is 5.64. The van der Waals surface area contributed by atoms with Crippen LogP contribution in [0.25, 0.3) is 0 Å². The van der Waals surface area contributed by atoms with E-state index in [0.717, 1.165) is 12.8 Å². The molecule has 4 heteroatoms. The van der Waals surface area contributed by atoms with E-state index in [1.807, 2.05) is 18.2 Å². The molecule has 0 bridgehead atoms. The number of carbonyl (C=O) groups is 2. The van der Waals surface area contributed by atoms with Crippen molar-refractivity contribution in [1.82, 2.24) is 10.6 Å². The van der Waals surface area contributed by atoms with Gasteiger partial charge in [0, 0.05) is 18.9 Å². The first-order valence-corrected chi connectivity index (χ1v) is 7.14. The molecule has 108 valence electrons. The van der Waals surface area contributed by atoms with Crippen LogP contribution < -0.4 is 10.6 Å². The van der Waals surface area contributed by atoms with Crippen molar-refractivity contribution >= 4 is 11.8 Å². The Morgan fingerprint density at radius 3 is 2.40 bits per heavy atom. The summed E-state index contributed by atoms with van der Waals surface area (Å²) in [4.78, 5) is 22.9. The third kappa shape index (κ3) is 3.18. The molecule has 1 fully saturated rings. The Labute approximate surface area is 119 Å².